The first kappa shape index (κ1) is 8.28. The van der Waals surface area contributed by atoms with E-state index in [0.717, 1.165) is 23.1 Å². The van der Waals surface area contributed by atoms with E-state index in [1.165, 1.54) is 0 Å². The van der Waals surface area contributed by atoms with Crippen LogP contribution in [0.15, 0.2) is 35.5 Å². The van der Waals surface area contributed by atoms with Crippen molar-refractivity contribution in [3.63, 3.8) is 0 Å². The molecule has 0 aliphatic heterocycles. The van der Waals surface area contributed by atoms with Crippen molar-refractivity contribution in [3.8, 4) is 0 Å². The lowest BCUT2D eigenvalue weighted by atomic mass is 9.91. The molecular weight excluding hydrogens is 136 g/mol. The van der Waals surface area contributed by atoms with Gasteiger partial charge in [-0.05, 0) is 31.4 Å². The smallest absolute Gasteiger partial charge is 0.0829 e. The number of allylic oxidation sites excluding steroid dienone is 2. The molecule has 0 fully saturated rings. The molecule has 11 heavy (non-hydrogen) atoms. The Morgan fingerprint density at radius 2 is 2.27 bits per heavy atom. The summed E-state index contributed by atoms with van der Waals surface area (Å²) in [6, 6.07) is 0. The van der Waals surface area contributed by atoms with Crippen LogP contribution in [0.25, 0.3) is 0 Å². The minimum atomic E-state index is -0.336. The Morgan fingerprint density at radius 1 is 1.64 bits per heavy atom. The van der Waals surface area contributed by atoms with Gasteiger partial charge in [0.2, 0.25) is 0 Å². The molecule has 0 saturated heterocycles. The summed E-state index contributed by atoms with van der Waals surface area (Å²) in [4.78, 5) is 0. The first-order valence-electron chi connectivity index (χ1n) is 3.84. The van der Waals surface area contributed by atoms with E-state index >= 15 is 0 Å². The average Bonchev–Trinajstić information content (AvgIpc) is 1.85. The fourth-order valence-electron chi connectivity index (χ4n) is 1.42. The molecule has 1 heteroatoms. The fourth-order valence-corrected chi connectivity index (χ4v) is 1.42. The SMILES string of the molecule is C=C1C=CCC(O)C1=C(C)C. The summed E-state index contributed by atoms with van der Waals surface area (Å²) in [7, 11) is 0. The summed E-state index contributed by atoms with van der Waals surface area (Å²) < 4.78 is 0. The Bertz CT molecular complexity index is 227. The molecule has 0 saturated carbocycles. The third-order valence-corrected chi connectivity index (χ3v) is 1.90. The second-order valence-electron chi connectivity index (χ2n) is 3.09. The summed E-state index contributed by atoms with van der Waals surface area (Å²) in [6.07, 6.45) is 4.31. The van der Waals surface area contributed by atoms with Crippen molar-refractivity contribution in [2.24, 2.45) is 0 Å². The minimum Gasteiger partial charge on any atom is -0.388 e. The lowest BCUT2D eigenvalue weighted by Gasteiger charge is -2.19. The Kier molecular flexibility index (Phi) is 2.30. The van der Waals surface area contributed by atoms with Crippen LogP contribution in [-0.4, -0.2) is 11.2 Å². The molecule has 0 aromatic heterocycles. The Morgan fingerprint density at radius 3 is 2.64 bits per heavy atom. The number of aliphatic hydroxyl groups is 1. The van der Waals surface area contributed by atoms with Gasteiger partial charge < -0.3 is 5.11 Å². The van der Waals surface area contributed by atoms with Gasteiger partial charge in [-0.15, -0.1) is 0 Å². The molecule has 1 rings (SSSR count). The molecule has 60 valence electrons. The van der Waals surface area contributed by atoms with Crippen LogP contribution < -0.4 is 0 Å². The van der Waals surface area contributed by atoms with Crippen molar-refractivity contribution < 1.29 is 5.11 Å². The van der Waals surface area contributed by atoms with E-state index in [2.05, 4.69) is 6.58 Å². The molecule has 1 atom stereocenters. The molecule has 1 aliphatic carbocycles. The molecule has 1 unspecified atom stereocenters. The quantitative estimate of drug-likeness (QED) is 0.561. The maximum Gasteiger partial charge on any atom is 0.0829 e. The van der Waals surface area contributed by atoms with Crippen molar-refractivity contribution in [1.29, 1.82) is 0 Å². The van der Waals surface area contributed by atoms with Crippen molar-refractivity contribution in [1.82, 2.24) is 0 Å². The van der Waals surface area contributed by atoms with E-state index < -0.39 is 0 Å². The van der Waals surface area contributed by atoms with Crippen LogP contribution in [0.5, 0.6) is 0 Å². The Balaban J connectivity index is 3.03. The van der Waals surface area contributed by atoms with Gasteiger partial charge in [0, 0.05) is 0 Å². The topological polar surface area (TPSA) is 20.2 Å². The lowest BCUT2D eigenvalue weighted by Crippen LogP contribution is -2.14. The number of hydrogen-bond acceptors (Lipinski definition) is 1. The molecule has 0 spiro atoms. The zero-order chi connectivity index (χ0) is 8.43. The fraction of sp³-hybridized carbons (Fsp3) is 0.400. The molecule has 0 aromatic carbocycles. The van der Waals surface area contributed by atoms with Crippen molar-refractivity contribution >= 4 is 0 Å². The molecule has 1 N–H and O–H groups in total. The summed E-state index contributed by atoms with van der Waals surface area (Å²) >= 11 is 0. The van der Waals surface area contributed by atoms with E-state index in [9.17, 15) is 5.11 Å². The third-order valence-electron chi connectivity index (χ3n) is 1.90. The van der Waals surface area contributed by atoms with E-state index in [1.807, 2.05) is 26.0 Å². The Labute approximate surface area is 67.7 Å². The molecule has 0 aromatic rings. The zero-order valence-corrected chi connectivity index (χ0v) is 7.09. The maximum atomic E-state index is 9.54. The average molecular weight is 150 g/mol. The van der Waals surface area contributed by atoms with Gasteiger partial charge in [-0.2, -0.15) is 0 Å². The highest BCUT2D eigenvalue weighted by Gasteiger charge is 2.15. The van der Waals surface area contributed by atoms with Gasteiger partial charge in [-0.3, -0.25) is 0 Å². The third kappa shape index (κ3) is 1.60. The monoisotopic (exact) mass is 150 g/mol. The van der Waals surface area contributed by atoms with Crippen LogP contribution in [0.3, 0.4) is 0 Å². The van der Waals surface area contributed by atoms with Crippen LogP contribution in [-0.2, 0) is 0 Å². The molecule has 1 nitrogen and oxygen atoms in total. The summed E-state index contributed by atoms with van der Waals surface area (Å²) in [6.45, 7) is 7.87. The molecular formula is C10H14O. The van der Waals surface area contributed by atoms with Crippen LogP contribution in [0.2, 0.25) is 0 Å². The number of rotatable bonds is 0. The largest absolute Gasteiger partial charge is 0.388 e. The predicted octanol–water partition coefficient (Wildman–Crippen LogP) is 2.20. The highest BCUT2D eigenvalue weighted by molar-refractivity contribution is 5.45. The normalized spacial score (nSPS) is 24.1. The first-order chi connectivity index (χ1) is 5.13. The molecule has 0 radical (unpaired) electrons. The van der Waals surface area contributed by atoms with Gasteiger partial charge in [0.1, 0.15) is 0 Å². The minimum absolute atomic E-state index is 0.336. The van der Waals surface area contributed by atoms with Gasteiger partial charge in [-0.1, -0.05) is 24.3 Å². The van der Waals surface area contributed by atoms with Crippen molar-refractivity contribution in [3.05, 3.63) is 35.5 Å². The van der Waals surface area contributed by atoms with E-state index in [0.29, 0.717) is 0 Å². The van der Waals surface area contributed by atoms with Crippen LogP contribution in [0, 0.1) is 0 Å². The summed E-state index contributed by atoms with van der Waals surface area (Å²) in [5.41, 5.74) is 3.11. The second-order valence-corrected chi connectivity index (χ2v) is 3.09. The highest BCUT2D eigenvalue weighted by atomic mass is 16.3. The van der Waals surface area contributed by atoms with Crippen LogP contribution >= 0.6 is 0 Å². The molecule has 1 aliphatic rings. The maximum absolute atomic E-state index is 9.54. The molecule has 0 amide bonds. The first-order valence-corrected chi connectivity index (χ1v) is 3.84. The van der Waals surface area contributed by atoms with E-state index in [-0.39, 0.29) is 6.10 Å². The van der Waals surface area contributed by atoms with Crippen LogP contribution in [0.1, 0.15) is 20.3 Å². The number of hydrogen-bond donors (Lipinski definition) is 1. The van der Waals surface area contributed by atoms with Gasteiger partial charge in [0.05, 0.1) is 6.10 Å². The molecule has 0 heterocycles. The standard InChI is InChI=1S/C10H14O/c1-7(2)10-8(3)5-4-6-9(10)11/h4-5,9,11H,3,6H2,1-2H3. The lowest BCUT2D eigenvalue weighted by molar-refractivity contribution is 0.214. The second kappa shape index (κ2) is 3.05. The predicted molar refractivity (Wildman–Crippen MR) is 47.3 cm³/mol. The van der Waals surface area contributed by atoms with E-state index in [1.54, 1.807) is 0 Å². The van der Waals surface area contributed by atoms with Gasteiger partial charge in [-0.25, -0.2) is 0 Å². The van der Waals surface area contributed by atoms with Gasteiger partial charge >= 0.3 is 0 Å². The van der Waals surface area contributed by atoms with E-state index in [4.69, 9.17) is 0 Å². The van der Waals surface area contributed by atoms with Gasteiger partial charge in [0.15, 0.2) is 0 Å². The Hall–Kier alpha value is -0.820. The molecule has 0 bridgehead atoms. The van der Waals surface area contributed by atoms with Crippen molar-refractivity contribution in [2.75, 3.05) is 0 Å². The van der Waals surface area contributed by atoms with Gasteiger partial charge in [0.25, 0.3) is 0 Å². The highest BCUT2D eigenvalue weighted by Crippen LogP contribution is 2.24. The zero-order valence-electron chi connectivity index (χ0n) is 7.09. The van der Waals surface area contributed by atoms with Crippen LogP contribution in [0.4, 0.5) is 0 Å². The number of aliphatic hydroxyl groups excluding tert-OH is 1. The summed E-state index contributed by atoms with van der Waals surface area (Å²) in [5.74, 6) is 0. The summed E-state index contributed by atoms with van der Waals surface area (Å²) in [5, 5.41) is 9.54. The van der Waals surface area contributed by atoms with Crippen molar-refractivity contribution in [2.45, 2.75) is 26.4 Å².